The van der Waals surface area contributed by atoms with E-state index in [1.165, 1.54) is 19.2 Å². The summed E-state index contributed by atoms with van der Waals surface area (Å²) in [5, 5.41) is 4.03. The summed E-state index contributed by atoms with van der Waals surface area (Å²) in [6.45, 7) is 4.86. The third-order valence-electron chi connectivity index (χ3n) is 2.24. The highest BCUT2D eigenvalue weighted by molar-refractivity contribution is 7.22. The van der Waals surface area contributed by atoms with Crippen molar-refractivity contribution in [2.45, 2.75) is 13.1 Å². The van der Waals surface area contributed by atoms with Crippen LogP contribution in [0.4, 0.5) is 18.9 Å². The molecule has 0 bridgehead atoms. The molecule has 0 heterocycles. The standard InChI is InChI=1S/C11H12F3N2OP/c1-7-6-8(4-5-9(7)17-3)16(15-2)10(18)11(12,13)14/h4-6,18H,2H2,1,3H3. The lowest BCUT2D eigenvalue weighted by Gasteiger charge is -2.22. The number of halogens is 3. The lowest BCUT2D eigenvalue weighted by molar-refractivity contribution is -0.0577. The molecule has 7 heteroatoms. The summed E-state index contributed by atoms with van der Waals surface area (Å²) in [6.07, 6.45) is -4.54. The molecule has 1 rings (SSSR count). The molecule has 0 fully saturated rings. The molecule has 0 spiro atoms. The second kappa shape index (κ2) is 5.40. The summed E-state index contributed by atoms with van der Waals surface area (Å²) in [7, 11) is 4.02. The summed E-state index contributed by atoms with van der Waals surface area (Å²) in [5.41, 5.74) is -0.0991. The molecular formula is C11H12F3N2OP. The highest BCUT2D eigenvalue weighted by atomic mass is 31.0. The normalized spacial score (nSPS) is 10.9. The molecule has 0 aromatic heterocycles. The van der Waals surface area contributed by atoms with E-state index < -0.39 is 11.6 Å². The molecule has 0 aliphatic carbocycles. The smallest absolute Gasteiger partial charge is 0.437 e. The molecule has 0 radical (unpaired) electrons. The number of methoxy groups -OCH3 is 1. The molecule has 0 aliphatic rings. The second-order valence-corrected chi connectivity index (χ2v) is 3.93. The average Bonchev–Trinajstić information content (AvgIpc) is 2.29. The van der Waals surface area contributed by atoms with Crippen molar-refractivity contribution in [1.82, 2.24) is 0 Å². The van der Waals surface area contributed by atoms with E-state index in [-0.39, 0.29) is 5.69 Å². The van der Waals surface area contributed by atoms with Crippen LogP contribution < -0.4 is 9.75 Å². The molecule has 0 unspecified atom stereocenters. The van der Waals surface area contributed by atoms with Crippen LogP contribution in [-0.4, -0.2) is 25.4 Å². The Kier molecular flexibility index (Phi) is 4.35. The van der Waals surface area contributed by atoms with Gasteiger partial charge < -0.3 is 4.74 Å². The SMILES string of the molecule is C=NN(C(=P)C(F)(F)F)c1ccc(OC)c(C)c1. The van der Waals surface area contributed by atoms with Crippen molar-refractivity contribution in [3.05, 3.63) is 23.8 Å². The van der Waals surface area contributed by atoms with E-state index >= 15 is 0 Å². The first-order valence-electron chi connectivity index (χ1n) is 4.88. The maximum absolute atomic E-state index is 12.6. The van der Waals surface area contributed by atoms with Crippen molar-refractivity contribution in [2.24, 2.45) is 5.10 Å². The van der Waals surface area contributed by atoms with Gasteiger partial charge in [-0.05, 0) is 30.7 Å². The van der Waals surface area contributed by atoms with E-state index in [1.807, 2.05) is 0 Å². The fraction of sp³-hybridized carbons (Fsp3) is 0.273. The number of alkyl halides is 3. The Bertz CT molecular complexity index is 474. The Morgan fingerprint density at radius 3 is 2.44 bits per heavy atom. The van der Waals surface area contributed by atoms with Crippen molar-refractivity contribution in [1.29, 1.82) is 0 Å². The van der Waals surface area contributed by atoms with Crippen LogP contribution in [-0.2, 0) is 0 Å². The lowest BCUT2D eigenvalue weighted by atomic mass is 10.2. The van der Waals surface area contributed by atoms with E-state index in [0.717, 1.165) is 0 Å². The molecule has 98 valence electrons. The number of anilines is 1. The Balaban J connectivity index is 3.14. The van der Waals surface area contributed by atoms with Gasteiger partial charge in [0.25, 0.3) is 0 Å². The Hall–Kier alpha value is -1.55. The Morgan fingerprint density at radius 2 is 2.06 bits per heavy atom. The first-order chi connectivity index (χ1) is 8.31. The van der Waals surface area contributed by atoms with Gasteiger partial charge in [0.2, 0.25) is 0 Å². The number of aryl methyl sites for hydroxylation is 1. The van der Waals surface area contributed by atoms with E-state index in [9.17, 15) is 13.2 Å². The summed E-state index contributed by atoms with van der Waals surface area (Å²) in [6, 6.07) is 4.56. The number of hydrazone groups is 1. The second-order valence-electron chi connectivity index (χ2n) is 3.45. The maximum Gasteiger partial charge on any atom is 0.437 e. The average molecular weight is 276 g/mol. The predicted octanol–water partition coefficient (Wildman–Crippen LogP) is 3.26. The molecular weight excluding hydrogens is 264 g/mol. The molecule has 0 amide bonds. The van der Waals surface area contributed by atoms with Gasteiger partial charge in [0.15, 0.2) is 5.42 Å². The quantitative estimate of drug-likeness (QED) is 0.479. The predicted molar refractivity (Wildman–Crippen MR) is 69.1 cm³/mol. The van der Waals surface area contributed by atoms with Gasteiger partial charge in [0, 0.05) is 6.72 Å². The van der Waals surface area contributed by atoms with E-state index in [2.05, 4.69) is 20.7 Å². The van der Waals surface area contributed by atoms with Crippen LogP contribution in [0.25, 0.3) is 0 Å². The summed E-state index contributed by atoms with van der Waals surface area (Å²) < 4.78 is 42.8. The van der Waals surface area contributed by atoms with Crippen LogP contribution >= 0.6 is 8.86 Å². The van der Waals surface area contributed by atoms with Gasteiger partial charge in [-0.15, -0.1) is 0 Å². The summed E-state index contributed by atoms with van der Waals surface area (Å²) >= 11 is 0. The number of ether oxygens (including phenoxy) is 1. The first kappa shape index (κ1) is 14.5. The van der Waals surface area contributed by atoms with E-state index in [0.29, 0.717) is 16.3 Å². The minimum Gasteiger partial charge on any atom is -0.496 e. The zero-order valence-corrected chi connectivity index (χ0v) is 10.9. The molecule has 1 aromatic carbocycles. The molecule has 18 heavy (non-hydrogen) atoms. The fourth-order valence-corrected chi connectivity index (χ4v) is 1.60. The van der Waals surface area contributed by atoms with Crippen molar-refractivity contribution < 1.29 is 17.9 Å². The van der Waals surface area contributed by atoms with Gasteiger partial charge in [-0.3, -0.25) is 0 Å². The molecule has 0 atom stereocenters. The minimum absolute atomic E-state index is 0.241. The number of rotatable bonds is 4. The summed E-state index contributed by atoms with van der Waals surface area (Å²) in [5.74, 6) is 0.588. The highest BCUT2D eigenvalue weighted by Crippen LogP contribution is 2.29. The zero-order valence-electron chi connectivity index (χ0n) is 9.88. The van der Waals surface area contributed by atoms with Crippen molar-refractivity contribution in [2.75, 3.05) is 12.1 Å². The van der Waals surface area contributed by atoms with Crippen LogP contribution in [0.2, 0.25) is 0 Å². The molecule has 0 aliphatic heterocycles. The van der Waals surface area contributed by atoms with Crippen LogP contribution in [0.1, 0.15) is 5.56 Å². The Labute approximate surface area is 105 Å². The van der Waals surface area contributed by atoms with Crippen molar-refractivity contribution in [3.8, 4) is 5.75 Å². The van der Waals surface area contributed by atoms with Crippen molar-refractivity contribution in [3.63, 3.8) is 0 Å². The largest absolute Gasteiger partial charge is 0.496 e. The van der Waals surface area contributed by atoms with Gasteiger partial charge in [-0.25, -0.2) is 5.01 Å². The topological polar surface area (TPSA) is 24.8 Å². The number of hydrogen-bond acceptors (Lipinski definition) is 2. The number of nitrogens with zero attached hydrogens (tertiary/aromatic N) is 2. The third-order valence-corrected chi connectivity index (χ3v) is 2.74. The lowest BCUT2D eigenvalue weighted by Crippen LogP contribution is -2.35. The van der Waals surface area contributed by atoms with Crippen LogP contribution in [0.15, 0.2) is 23.3 Å². The maximum atomic E-state index is 12.6. The van der Waals surface area contributed by atoms with Crippen LogP contribution in [0.5, 0.6) is 5.75 Å². The molecule has 0 saturated carbocycles. The minimum atomic E-state index is -4.54. The van der Waals surface area contributed by atoms with Crippen molar-refractivity contribution >= 4 is 26.7 Å². The first-order valence-corrected chi connectivity index (χ1v) is 5.38. The number of benzene rings is 1. The van der Waals surface area contributed by atoms with Gasteiger partial charge in [-0.1, -0.05) is 8.86 Å². The highest BCUT2D eigenvalue weighted by Gasteiger charge is 2.37. The zero-order chi connectivity index (χ0) is 13.9. The molecule has 0 saturated heterocycles. The van der Waals surface area contributed by atoms with E-state index in [4.69, 9.17) is 4.74 Å². The van der Waals surface area contributed by atoms with Gasteiger partial charge in [0.1, 0.15) is 5.75 Å². The van der Waals surface area contributed by atoms with Gasteiger partial charge in [0.05, 0.1) is 12.8 Å². The van der Waals surface area contributed by atoms with Crippen LogP contribution in [0.3, 0.4) is 0 Å². The Morgan fingerprint density at radius 1 is 1.44 bits per heavy atom. The monoisotopic (exact) mass is 276 g/mol. The fourth-order valence-electron chi connectivity index (χ4n) is 1.40. The number of hydrogen-bond donors (Lipinski definition) is 0. The van der Waals surface area contributed by atoms with E-state index in [1.54, 1.807) is 13.0 Å². The summed E-state index contributed by atoms with van der Waals surface area (Å²) in [4.78, 5) is 0. The molecule has 3 nitrogen and oxygen atoms in total. The van der Waals surface area contributed by atoms with Gasteiger partial charge in [-0.2, -0.15) is 18.3 Å². The molecule has 0 N–H and O–H groups in total. The molecule has 1 aromatic rings. The van der Waals surface area contributed by atoms with Gasteiger partial charge >= 0.3 is 6.18 Å². The third kappa shape index (κ3) is 3.01. The van der Waals surface area contributed by atoms with Crippen LogP contribution in [0, 0.1) is 6.92 Å².